The molecule has 0 aliphatic carbocycles. The number of pyridine rings is 1. The van der Waals surface area contributed by atoms with Gasteiger partial charge in [-0.15, -0.1) is 0 Å². The quantitative estimate of drug-likeness (QED) is 0.826. The summed E-state index contributed by atoms with van der Waals surface area (Å²) < 4.78 is 2.35. The van der Waals surface area contributed by atoms with E-state index in [0.29, 0.717) is 17.2 Å². The second kappa shape index (κ2) is 7.16. The average Bonchev–Trinajstić information content (AvgIpc) is 2.89. The minimum Gasteiger partial charge on any atom is -0.369 e. The van der Waals surface area contributed by atoms with Gasteiger partial charge in [0.1, 0.15) is 12.1 Å². The number of hydrogen-bond donors (Lipinski definition) is 2. The van der Waals surface area contributed by atoms with Gasteiger partial charge in [0, 0.05) is 24.3 Å². The third-order valence-corrected chi connectivity index (χ3v) is 3.13. The minimum absolute atomic E-state index is 0.213. The van der Waals surface area contributed by atoms with E-state index >= 15 is 0 Å². The number of nitrogens with zero attached hydrogens (tertiary/aromatic N) is 4. The van der Waals surface area contributed by atoms with Crippen molar-refractivity contribution in [3.63, 3.8) is 0 Å². The van der Waals surface area contributed by atoms with Crippen molar-refractivity contribution in [2.45, 2.75) is 19.9 Å². The molecule has 0 radical (unpaired) electrons. The zero-order valence-corrected chi connectivity index (χ0v) is 13.5. The van der Waals surface area contributed by atoms with E-state index in [2.05, 4.69) is 48.6 Å². The third kappa shape index (κ3) is 4.25. The van der Waals surface area contributed by atoms with E-state index in [1.807, 2.05) is 0 Å². The molecule has 2 aromatic heterocycles. The van der Waals surface area contributed by atoms with Crippen molar-refractivity contribution in [2.75, 3.05) is 11.9 Å². The van der Waals surface area contributed by atoms with Gasteiger partial charge in [-0.05, 0) is 28.4 Å². The SMILES string of the molecule is CCCNc1ncc(Br)cc1C(=O)NCc1ncn(C)n1. The second-order valence-electron chi connectivity index (χ2n) is 4.49. The van der Waals surface area contributed by atoms with Gasteiger partial charge in [0.2, 0.25) is 0 Å². The largest absolute Gasteiger partial charge is 0.369 e. The molecule has 0 fully saturated rings. The number of aryl methyl sites for hydroxylation is 1. The number of amides is 1. The predicted molar refractivity (Wildman–Crippen MR) is 82.9 cm³/mol. The van der Waals surface area contributed by atoms with Gasteiger partial charge < -0.3 is 10.6 Å². The minimum atomic E-state index is -0.213. The molecule has 0 aliphatic heterocycles. The molecule has 21 heavy (non-hydrogen) atoms. The monoisotopic (exact) mass is 352 g/mol. The number of carbonyl (C=O) groups excluding carboxylic acids is 1. The zero-order valence-electron chi connectivity index (χ0n) is 11.9. The molecular weight excluding hydrogens is 336 g/mol. The normalized spacial score (nSPS) is 10.4. The first-order chi connectivity index (χ1) is 10.1. The molecule has 0 bridgehead atoms. The van der Waals surface area contributed by atoms with Crippen LogP contribution in [-0.2, 0) is 13.6 Å². The fraction of sp³-hybridized carbons (Fsp3) is 0.385. The molecule has 0 unspecified atom stereocenters. The van der Waals surface area contributed by atoms with Crippen molar-refractivity contribution in [1.82, 2.24) is 25.1 Å². The van der Waals surface area contributed by atoms with Crippen LogP contribution in [0.3, 0.4) is 0 Å². The molecule has 0 aliphatic rings. The summed E-state index contributed by atoms with van der Waals surface area (Å²) in [5, 5.41) is 10.1. The van der Waals surface area contributed by atoms with Crippen LogP contribution in [0.25, 0.3) is 0 Å². The van der Waals surface area contributed by atoms with E-state index in [4.69, 9.17) is 0 Å². The van der Waals surface area contributed by atoms with Gasteiger partial charge in [0.15, 0.2) is 5.82 Å². The molecule has 0 spiro atoms. The maximum Gasteiger partial charge on any atom is 0.255 e. The lowest BCUT2D eigenvalue weighted by Crippen LogP contribution is -2.25. The number of rotatable bonds is 6. The lowest BCUT2D eigenvalue weighted by atomic mass is 10.2. The van der Waals surface area contributed by atoms with Gasteiger partial charge in [-0.3, -0.25) is 9.48 Å². The molecule has 1 amide bonds. The highest BCUT2D eigenvalue weighted by atomic mass is 79.9. The maximum absolute atomic E-state index is 12.3. The zero-order chi connectivity index (χ0) is 15.2. The van der Waals surface area contributed by atoms with Crippen molar-refractivity contribution in [1.29, 1.82) is 0 Å². The fourth-order valence-corrected chi connectivity index (χ4v) is 2.05. The Morgan fingerprint density at radius 3 is 2.90 bits per heavy atom. The van der Waals surface area contributed by atoms with Crippen LogP contribution in [-0.4, -0.2) is 32.2 Å². The Morgan fingerprint density at radius 2 is 2.24 bits per heavy atom. The lowest BCUT2D eigenvalue weighted by molar-refractivity contribution is 0.0950. The Bertz CT molecular complexity index is 627. The van der Waals surface area contributed by atoms with Crippen LogP contribution in [0.1, 0.15) is 29.5 Å². The predicted octanol–water partition coefficient (Wildman–Crippen LogP) is 1.72. The smallest absolute Gasteiger partial charge is 0.255 e. The molecule has 0 atom stereocenters. The highest BCUT2D eigenvalue weighted by molar-refractivity contribution is 9.10. The van der Waals surface area contributed by atoms with Gasteiger partial charge in [0.05, 0.1) is 12.1 Å². The van der Waals surface area contributed by atoms with Crippen LogP contribution < -0.4 is 10.6 Å². The molecule has 0 saturated heterocycles. The Morgan fingerprint density at radius 1 is 1.43 bits per heavy atom. The Labute approximate surface area is 131 Å². The van der Waals surface area contributed by atoms with Gasteiger partial charge in [0.25, 0.3) is 5.91 Å². The summed E-state index contributed by atoms with van der Waals surface area (Å²) in [7, 11) is 1.78. The van der Waals surface area contributed by atoms with E-state index in [-0.39, 0.29) is 12.5 Å². The third-order valence-electron chi connectivity index (χ3n) is 2.70. The number of aromatic nitrogens is 4. The van der Waals surface area contributed by atoms with E-state index in [1.165, 1.54) is 0 Å². The summed E-state index contributed by atoms with van der Waals surface area (Å²) in [6.07, 6.45) is 4.21. The highest BCUT2D eigenvalue weighted by Crippen LogP contribution is 2.18. The summed E-state index contributed by atoms with van der Waals surface area (Å²) in [5.41, 5.74) is 0.494. The van der Waals surface area contributed by atoms with Gasteiger partial charge in [-0.1, -0.05) is 6.92 Å². The second-order valence-corrected chi connectivity index (χ2v) is 5.41. The number of anilines is 1. The number of nitrogens with one attached hydrogen (secondary N) is 2. The Kier molecular flexibility index (Phi) is 5.26. The summed E-state index contributed by atoms with van der Waals surface area (Å²) in [6, 6.07) is 1.74. The van der Waals surface area contributed by atoms with Crippen LogP contribution >= 0.6 is 15.9 Å². The number of carbonyl (C=O) groups is 1. The molecule has 7 nitrogen and oxygen atoms in total. The molecule has 112 valence electrons. The summed E-state index contributed by atoms with van der Waals surface area (Å²) in [4.78, 5) is 20.6. The molecule has 0 aromatic carbocycles. The van der Waals surface area contributed by atoms with Gasteiger partial charge in [-0.2, -0.15) is 5.10 Å². The van der Waals surface area contributed by atoms with Crippen molar-refractivity contribution < 1.29 is 4.79 Å². The lowest BCUT2D eigenvalue weighted by Gasteiger charge is -2.10. The first kappa shape index (κ1) is 15.4. The summed E-state index contributed by atoms with van der Waals surface area (Å²) >= 11 is 3.33. The van der Waals surface area contributed by atoms with Crippen LogP contribution in [0.2, 0.25) is 0 Å². The van der Waals surface area contributed by atoms with E-state index in [9.17, 15) is 4.79 Å². The van der Waals surface area contributed by atoms with E-state index in [0.717, 1.165) is 17.4 Å². The highest BCUT2D eigenvalue weighted by Gasteiger charge is 2.13. The first-order valence-electron chi connectivity index (χ1n) is 6.62. The topological polar surface area (TPSA) is 84.7 Å². The maximum atomic E-state index is 12.3. The summed E-state index contributed by atoms with van der Waals surface area (Å²) in [5.74, 6) is 0.929. The molecule has 0 saturated carbocycles. The Balaban J connectivity index is 2.08. The summed E-state index contributed by atoms with van der Waals surface area (Å²) in [6.45, 7) is 3.09. The molecule has 2 heterocycles. The molecule has 2 aromatic rings. The average molecular weight is 353 g/mol. The van der Waals surface area contributed by atoms with Gasteiger partial charge >= 0.3 is 0 Å². The van der Waals surface area contributed by atoms with E-state index < -0.39 is 0 Å². The van der Waals surface area contributed by atoms with Crippen molar-refractivity contribution >= 4 is 27.7 Å². The molecular formula is C13H17BrN6O. The molecule has 2 rings (SSSR count). The van der Waals surface area contributed by atoms with Crippen molar-refractivity contribution in [3.05, 3.63) is 34.5 Å². The van der Waals surface area contributed by atoms with Gasteiger partial charge in [-0.25, -0.2) is 9.97 Å². The van der Waals surface area contributed by atoms with Crippen LogP contribution in [0.15, 0.2) is 23.1 Å². The van der Waals surface area contributed by atoms with E-state index in [1.54, 1.807) is 30.3 Å². The molecule has 2 N–H and O–H groups in total. The Hall–Kier alpha value is -1.96. The van der Waals surface area contributed by atoms with Crippen molar-refractivity contribution in [3.8, 4) is 0 Å². The van der Waals surface area contributed by atoms with Crippen LogP contribution in [0.4, 0.5) is 5.82 Å². The first-order valence-corrected chi connectivity index (χ1v) is 7.41. The number of hydrogen-bond acceptors (Lipinski definition) is 5. The van der Waals surface area contributed by atoms with Crippen molar-refractivity contribution in [2.24, 2.45) is 7.05 Å². The number of halogens is 1. The van der Waals surface area contributed by atoms with Crippen LogP contribution in [0.5, 0.6) is 0 Å². The van der Waals surface area contributed by atoms with Crippen LogP contribution in [0, 0.1) is 0 Å². The molecule has 8 heteroatoms. The fourth-order valence-electron chi connectivity index (χ4n) is 1.72. The standard InChI is InChI=1S/C13H17BrN6O/c1-3-4-15-12-10(5-9(14)6-16-12)13(21)17-7-11-18-8-20(2)19-11/h5-6,8H,3-4,7H2,1-2H3,(H,15,16)(H,17,21).